The quantitative estimate of drug-likeness (QED) is 0.670. The summed E-state index contributed by atoms with van der Waals surface area (Å²) in [5.74, 6) is -1.84. The first-order chi connectivity index (χ1) is 9.47. The molecule has 0 spiro atoms. The van der Waals surface area contributed by atoms with Crippen LogP contribution in [-0.4, -0.2) is 28.1 Å². The first kappa shape index (κ1) is 14.3. The first-order valence-corrected chi connectivity index (χ1v) is 6.60. The van der Waals surface area contributed by atoms with Crippen LogP contribution in [0.5, 0.6) is 5.75 Å². The number of carbonyl (C=O) groups is 2. The highest BCUT2D eigenvalue weighted by molar-refractivity contribution is 5.95. The van der Waals surface area contributed by atoms with Gasteiger partial charge in [0.25, 0.3) is 0 Å². The van der Waals surface area contributed by atoms with Crippen molar-refractivity contribution in [1.29, 1.82) is 0 Å². The summed E-state index contributed by atoms with van der Waals surface area (Å²) in [5.41, 5.74) is 6.04. The zero-order valence-electron chi connectivity index (χ0n) is 11.0. The average molecular weight is 278 g/mol. The van der Waals surface area contributed by atoms with Crippen molar-refractivity contribution in [2.75, 3.05) is 5.32 Å². The number of amides is 1. The fraction of sp³-hybridized carbons (Fsp3) is 0.429. The molecule has 108 valence electrons. The topological polar surface area (TPSA) is 113 Å². The molecule has 1 aromatic carbocycles. The second kappa shape index (κ2) is 5.92. The van der Waals surface area contributed by atoms with Crippen molar-refractivity contribution in [3.63, 3.8) is 0 Å². The molecule has 0 saturated heterocycles. The summed E-state index contributed by atoms with van der Waals surface area (Å²) in [4.78, 5) is 22.9. The van der Waals surface area contributed by atoms with Crippen molar-refractivity contribution >= 4 is 17.6 Å². The molecule has 0 aliphatic heterocycles. The van der Waals surface area contributed by atoms with Crippen LogP contribution in [0.1, 0.15) is 36.0 Å². The van der Waals surface area contributed by atoms with Crippen LogP contribution >= 0.6 is 0 Å². The second-order valence-corrected chi connectivity index (χ2v) is 5.15. The summed E-state index contributed by atoms with van der Waals surface area (Å²) in [6.45, 7) is 0. The van der Waals surface area contributed by atoms with E-state index < -0.39 is 5.97 Å². The molecule has 6 nitrogen and oxygen atoms in total. The molecule has 1 aromatic rings. The first-order valence-electron chi connectivity index (χ1n) is 6.60. The third-order valence-corrected chi connectivity index (χ3v) is 3.58. The van der Waals surface area contributed by atoms with E-state index in [1.54, 1.807) is 0 Å². The van der Waals surface area contributed by atoms with E-state index in [0.29, 0.717) is 12.1 Å². The van der Waals surface area contributed by atoms with Crippen molar-refractivity contribution < 1.29 is 19.8 Å². The minimum atomic E-state index is -1.21. The van der Waals surface area contributed by atoms with Crippen molar-refractivity contribution in [3.05, 3.63) is 23.8 Å². The van der Waals surface area contributed by atoms with Crippen molar-refractivity contribution in [2.24, 2.45) is 11.7 Å². The molecular weight excluding hydrogens is 260 g/mol. The molecule has 0 aromatic heterocycles. The lowest BCUT2D eigenvalue weighted by Gasteiger charge is -2.25. The number of hydrogen-bond acceptors (Lipinski definition) is 4. The third kappa shape index (κ3) is 3.27. The highest BCUT2D eigenvalue weighted by Crippen LogP contribution is 2.26. The van der Waals surface area contributed by atoms with Gasteiger partial charge >= 0.3 is 5.97 Å². The number of hydrogen-bond donors (Lipinski definition) is 4. The number of carboxylic acids is 1. The maximum absolute atomic E-state index is 12.1. The van der Waals surface area contributed by atoms with Crippen LogP contribution in [0.15, 0.2) is 18.2 Å². The van der Waals surface area contributed by atoms with Crippen LogP contribution in [0.25, 0.3) is 0 Å². The molecule has 6 heteroatoms. The predicted molar refractivity (Wildman–Crippen MR) is 73.6 cm³/mol. The SMILES string of the molecule is NC1CCCC(C(=O)Nc2ccc(C(=O)O)c(O)c2)C1. The van der Waals surface area contributed by atoms with Gasteiger partial charge in [0.15, 0.2) is 0 Å². The number of aromatic hydroxyl groups is 1. The lowest BCUT2D eigenvalue weighted by atomic mass is 9.85. The Bertz CT molecular complexity index is 530. The standard InChI is InChI=1S/C14H18N2O4/c15-9-3-1-2-8(6-9)13(18)16-10-4-5-11(14(19)20)12(17)7-10/h4-5,7-9,17H,1-3,6,15H2,(H,16,18)(H,19,20). The number of phenols is 1. The van der Waals surface area contributed by atoms with E-state index in [-0.39, 0.29) is 29.2 Å². The van der Waals surface area contributed by atoms with Gasteiger partial charge in [0.1, 0.15) is 11.3 Å². The Morgan fingerprint density at radius 1 is 1.30 bits per heavy atom. The summed E-state index contributed by atoms with van der Waals surface area (Å²) in [6, 6.07) is 4.02. The van der Waals surface area contributed by atoms with Crippen molar-refractivity contribution in [1.82, 2.24) is 0 Å². The molecule has 5 N–H and O–H groups in total. The number of nitrogens with two attached hydrogens (primary N) is 1. The van der Waals surface area contributed by atoms with Crippen LogP contribution < -0.4 is 11.1 Å². The number of nitrogens with one attached hydrogen (secondary N) is 1. The van der Waals surface area contributed by atoms with Gasteiger partial charge in [0.2, 0.25) is 5.91 Å². The van der Waals surface area contributed by atoms with E-state index >= 15 is 0 Å². The second-order valence-electron chi connectivity index (χ2n) is 5.15. The molecule has 1 amide bonds. The molecule has 2 atom stereocenters. The number of anilines is 1. The van der Waals surface area contributed by atoms with E-state index in [1.165, 1.54) is 18.2 Å². The van der Waals surface area contributed by atoms with Crippen LogP contribution in [0, 0.1) is 5.92 Å². The highest BCUT2D eigenvalue weighted by atomic mass is 16.4. The molecule has 1 fully saturated rings. The van der Waals surface area contributed by atoms with Gasteiger partial charge in [-0.05, 0) is 31.4 Å². The molecule has 0 radical (unpaired) electrons. The van der Waals surface area contributed by atoms with E-state index in [4.69, 9.17) is 10.8 Å². The molecule has 2 rings (SSSR count). The molecule has 0 heterocycles. The van der Waals surface area contributed by atoms with Crippen LogP contribution in [0.4, 0.5) is 5.69 Å². The molecule has 1 saturated carbocycles. The predicted octanol–water partition coefficient (Wildman–Crippen LogP) is 1.55. The zero-order valence-corrected chi connectivity index (χ0v) is 11.0. The lowest BCUT2D eigenvalue weighted by molar-refractivity contribution is -0.120. The fourth-order valence-corrected chi connectivity index (χ4v) is 2.50. The Balaban J connectivity index is 2.04. The summed E-state index contributed by atoms with van der Waals surface area (Å²) in [5, 5.41) is 21.1. The van der Waals surface area contributed by atoms with Crippen molar-refractivity contribution in [2.45, 2.75) is 31.7 Å². The number of aromatic carboxylic acids is 1. The lowest BCUT2D eigenvalue weighted by Crippen LogP contribution is -2.34. The number of carbonyl (C=O) groups excluding carboxylic acids is 1. The van der Waals surface area contributed by atoms with E-state index in [1.807, 2.05) is 0 Å². The van der Waals surface area contributed by atoms with Crippen LogP contribution in [0.2, 0.25) is 0 Å². The van der Waals surface area contributed by atoms with E-state index in [0.717, 1.165) is 19.3 Å². The number of carboxylic acid groups (broad SMARTS) is 1. The number of rotatable bonds is 3. The molecule has 2 unspecified atom stereocenters. The summed E-state index contributed by atoms with van der Waals surface area (Å²) < 4.78 is 0. The molecular formula is C14H18N2O4. The van der Waals surface area contributed by atoms with Gasteiger partial charge in [-0.3, -0.25) is 4.79 Å². The highest BCUT2D eigenvalue weighted by Gasteiger charge is 2.25. The van der Waals surface area contributed by atoms with Crippen molar-refractivity contribution in [3.8, 4) is 5.75 Å². The molecule has 20 heavy (non-hydrogen) atoms. The molecule has 1 aliphatic carbocycles. The summed E-state index contributed by atoms with van der Waals surface area (Å²) in [7, 11) is 0. The Hall–Kier alpha value is -2.08. The zero-order chi connectivity index (χ0) is 14.7. The Morgan fingerprint density at radius 2 is 2.05 bits per heavy atom. The maximum atomic E-state index is 12.1. The van der Waals surface area contributed by atoms with Gasteiger partial charge in [-0.15, -0.1) is 0 Å². The maximum Gasteiger partial charge on any atom is 0.339 e. The minimum Gasteiger partial charge on any atom is -0.507 e. The monoisotopic (exact) mass is 278 g/mol. The minimum absolute atomic E-state index is 0.0577. The molecule has 1 aliphatic rings. The summed E-state index contributed by atoms with van der Waals surface area (Å²) in [6.07, 6.45) is 3.34. The van der Waals surface area contributed by atoms with Gasteiger partial charge in [0, 0.05) is 23.7 Å². The van der Waals surface area contributed by atoms with Gasteiger partial charge in [0.05, 0.1) is 0 Å². The van der Waals surface area contributed by atoms with E-state index in [2.05, 4.69) is 5.32 Å². The van der Waals surface area contributed by atoms with Gasteiger partial charge < -0.3 is 21.3 Å². The smallest absolute Gasteiger partial charge is 0.339 e. The number of benzene rings is 1. The van der Waals surface area contributed by atoms with E-state index in [9.17, 15) is 14.7 Å². The van der Waals surface area contributed by atoms with Gasteiger partial charge in [-0.2, -0.15) is 0 Å². The normalized spacial score (nSPS) is 22.2. The van der Waals surface area contributed by atoms with Crippen LogP contribution in [-0.2, 0) is 4.79 Å². The summed E-state index contributed by atoms with van der Waals surface area (Å²) >= 11 is 0. The van der Waals surface area contributed by atoms with Crippen LogP contribution in [0.3, 0.4) is 0 Å². The average Bonchev–Trinajstić information content (AvgIpc) is 2.38. The fourth-order valence-electron chi connectivity index (χ4n) is 2.50. The Morgan fingerprint density at radius 3 is 2.65 bits per heavy atom. The largest absolute Gasteiger partial charge is 0.507 e. The van der Waals surface area contributed by atoms with Gasteiger partial charge in [-0.1, -0.05) is 6.42 Å². The third-order valence-electron chi connectivity index (χ3n) is 3.58. The Kier molecular flexibility index (Phi) is 4.24. The van der Waals surface area contributed by atoms with Gasteiger partial charge in [-0.25, -0.2) is 4.79 Å². The Labute approximate surface area is 116 Å². The molecule has 0 bridgehead atoms.